The Bertz CT molecular complexity index is 215. The summed E-state index contributed by atoms with van der Waals surface area (Å²) in [5.74, 6) is 1.19. The Labute approximate surface area is 85.0 Å². The molecule has 2 aliphatic rings. The van der Waals surface area contributed by atoms with Gasteiger partial charge in [0.15, 0.2) is 0 Å². The first-order valence-corrected chi connectivity index (χ1v) is 5.64. The number of carbonyl (C=O) groups excluding carboxylic acids is 1. The molecule has 0 amide bonds. The van der Waals surface area contributed by atoms with Crippen LogP contribution in [0.4, 0.5) is 0 Å². The molecular weight excluding hydrogens is 178 g/mol. The van der Waals surface area contributed by atoms with Crippen LogP contribution < -0.4 is 5.73 Å². The molecule has 0 heterocycles. The van der Waals surface area contributed by atoms with Crippen molar-refractivity contribution in [3.8, 4) is 0 Å². The summed E-state index contributed by atoms with van der Waals surface area (Å²) in [5.41, 5.74) is 5.94. The van der Waals surface area contributed by atoms with E-state index in [0.717, 1.165) is 12.8 Å². The molecular formula is C11H19NO2. The standard InChI is InChI=1S/C11H19NO2/c1-2-14-11(13)10-7-3-4-8(10)6-9(12)5-7/h7-10H,2-6,12H2,1H3. The minimum atomic E-state index is 0.0203. The minimum Gasteiger partial charge on any atom is -0.466 e. The molecule has 2 N–H and O–H groups in total. The molecule has 80 valence electrons. The molecule has 2 fully saturated rings. The van der Waals surface area contributed by atoms with Gasteiger partial charge in [0.2, 0.25) is 0 Å². The van der Waals surface area contributed by atoms with Crippen LogP contribution >= 0.6 is 0 Å². The Hall–Kier alpha value is -0.570. The fraction of sp³-hybridized carbons (Fsp3) is 0.909. The van der Waals surface area contributed by atoms with Gasteiger partial charge < -0.3 is 10.5 Å². The zero-order valence-electron chi connectivity index (χ0n) is 8.74. The smallest absolute Gasteiger partial charge is 0.309 e. The molecule has 2 aliphatic carbocycles. The van der Waals surface area contributed by atoms with E-state index in [0.29, 0.717) is 24.5 Å². The quantitative estimate of drug-likeness (QED) is 0.679. The summed E-state index contributed by atoms with van der Waals surface area (Å²) in [4.78, 5) is 11.7. The lowest BCUT2D eigenvalue weighted by molar-refractivity contribution is -0.152. The number of carbonyl (C=O) groups is 1. The average molecular weight is 197 g/mol. The second-order valence-corrected chi connectivity index (χ2v) is 4.61. The van der Waals surface area contributed by atoms with Gasteiger partial charge in [0.25, 0.3) is 0 Å². The molecule has 2 unspecified atom stereocenters. The lowest BCUT2D eigenvalue weighted by Crippen LogP contribution is -2.38. The number of esters is 1. The second kappa shape index (κ2) is 3.89. The first-order valence-electron chi connectivity index (χ1n) is 5.64. The van der Waals surface area contributed by atoms with Crippen LogP contribution in [0, 0.1) is 17.8 Å². The van der Waals surface area contributed by atoms with Crippen molar-refractivity contribution < 1.29 is 9.53 Å². The lowest BCUT2D eigenvalue weighted by atomic mass is 9.76. The molecule has 0 radical (unpaired) electrons. The number of ether oxygens (including phenoxy) is 1. The third-order valence-corrected chi connectivity index (χ3v) is 3.69. The lowest BCUT2D eigenvalue weighted by Gasteiger charge is -2.31. The first kappa shape index (κ1) is 9.97. The van der Waals surface area contributed by atoms with E-state index in [1.165, 1.54) is 12.8 Å². The van der Waals surface area contributed by atoms with Gasteiger partial charge in [-0.2, -0.15) is 0 Å². The highest BCUT2D eigenvalue weighted by atomic mass is 16.5. The molecule has 0 aromatic carbocycles. The van der Waals surface area contributed by atoms with Gasteiger partial charge in [-0.25, -0.2) is 0 Å². The third kappa shape index (κ3) is 1.65. The Morgan fingerprint density at radius 1 is 1.36 bits per heavy atom. The fourth-order valence-electron chi connectivity index (χ4n) is 3.20. The van der Waals surface area contributed by atoms with Crippen LogP contribution in [0.2, 0.25) is 0 Å². The molecule has 0 saturated heterocycles. The van der Waals surface area contributed by atoms with Crippen LogP contribution in [0.1, 0.15) is 32.6 Å². The first-order chi connectivity index (χ1) is 6.72. The van der Waals surface area contributed by atoms with Gasteiger partial charge in [0.05, 0.1) is 12.5 Å². The van der Waals surface area contributed by atoms with Crippen LogP contribution in [0.15, 0.2) is 0 Å². The van der Waals surface area contributed by atoms with Gasteiger partial charge in [-0.05, 0) is 44.4 Å². The van der Waals surface area contributed by atoms with Gasteiger partial charge >= 0.3 is 5.97 Å². The maximum atomic E-state index is 11.7. The summed E-state index contributed by atoms with van der Waals surface area (Å²) < 4.78 is 5.12. The van der Waals surface area contributed by atoms with Crippen molar-refractivity contribution in [2.45, 2.75) is 38.6 Å². The summed E-state index contributed by atoms with van der Waals surface area (Å²) in [6, 6.07) is 0.318. The van der Waals surface area contributed by atoms with Crippen molar-refractivity contribution >= 4 is 5.97 Å². The Balaban J connectivity index is 2.03. The molecule has 2 atom stereocenters. The van der Waals surface area contributed by atoms with Gasteiger partial charge in [-0.15, -0.1) is 0 Å². The second-order valence-electron chi connectivity index (χ2n) is 4.61. The number of hydrogen-bond donors (Lipinski definition) is 1. The summed E-state index contributed by atoms with van der Waals surface area (Å²) in [6.45, 7) is 2.37. The maximum absolute atomic E-state index is 11.7. The van der Waals surface area contributed by atoms with Gasteiger partial charge in [-0.3, -0.25) is 4.79 Å². The van der Waals surface area contributed by atoms with E-state index in [-0.39, 0.29) is 11.9 Å². The van der Waals surface area contributed by atoms with Crippen LogP contribution in [0.25, 0.3) is 0 Å². The predicted octanol–water partition coefficient (Wildman–Crippen LogP) is 1.31. The Morgan fingerprint density at radius 2 is 1.93 bits per heavy atom. The number of fused-ring (bicyclic) bond motifs is 2. The summed E-state index contributed by atoms with van der Waals surface area (Å²) >= 11 is 0. The maximum Gasteiger partial charge on any atom is 0.309 e. The summed E-state index contributed by atoms with van der Waals surface area (Å²) in [7, 11) is 0. The van der Waals surface area contributed by atoms with Crippen molar-refractivity contribution in [2.75, 3.05) is 6.61 Å². The van der Waals surface area contributed by atoms with Crippen molar-refractivity contribution in [1.29, 1.82) is 0 Å². The third-order valence-electron chi connectivity index (χ3n) is 3.69. The van der Waals surface area contributed by atoms with E-state index < -0.39 is 0 Å². The van der Waals surface area contributed by atoms with E-state index >= 15 is 0 Å². The van der Waals surface area contributed by atoms with Gasteiger partial charge in [0, 0.05) is 6.04 Å². The van der Waals surface area contributed by atoms with Gasteiger partial charge in [-0.1, -0.05) is 0 Å². The van der Waals surface area contributed by atoms with Crippen LogP contribution in [-0.4, -0.2) is 18.6 Å². The van der Waals surface area contributed by atoms with Crippen LogP contribution in [0.5, 0.6) is 0 Å². The summed E-state index contributed by atoms with van der Waals surface area (Å²) in [6.07, 6.45) is 4.36. The number of rotatable bonds is 2. The molecule has 3 heteroatoms. The topological polar surface area (TPSA) is 52.3 Å². The molecule has 2 bridgehead atoms. The van der Waals surface area contributed by atoms with Crippen molar-refractivity contribution in [1.82, 2.24) is 0 Å². The molecule has 2 saturated carbocycles. The zero-order valence-corrected chi connectivity index (χ0v) is 8.74. The number of nitrogens with two attached hydrogens (primary N) is 1. The largest absolute Gasteiger partial charge is 0.466 e. The molecule has 2 rings (SSSR count). The fourth-order valence-corrected chi connectivity index (χ4v) is 3.20. The predicted molar refractivity (Wildman–Crippen MR) is 53.5 cm³/mol. The SMILES string of the molecule is CCOC(=O)C1C2CCC1CC(N)C2. The monoisotopic (exact) mass is 197 g/mol. The highest BCUT2D eigenvalue weighted by molar-refractivity contribution is 5.73. The summed E-state index contributed by atoms with van der Waals surface area (Å²) in [5, 5.41) is 0. The highest BCUT2D eigenvalue weighted by Gasteiger charge is 2.46. The van der Waals surface area contributed by atoms with E-state index in [1.807, 2.05) is 6.92 Å². The highest BCUT2D eigenvalue weighted by Crippen LogP contribution is 2.46. The van der Waals surface area contributed by atoms with Gasteiger partial charge in [0.1, 0.15) is 0 Å². The van der Waals surface area contributed by atoms with E-state index in [2.05, 4.69) is 0 Å². The Morgan fingerprint density at radius 3 is 2.43 bits per heavy atom. The molecule has 0 aliphatic heterocycles. The molecule has 0 aromatic heterocycles. The van der Waals surface area contributed by atoms with E-state index in [9.17, 15) is 4.79 Å². The van der Waals surface area contributed by atoms with Crippen LogP contribution in [-0.2, 0) is 9.53 Å². The van der Waals surface area contributed by atoms with Crippen LogP contribution in [0.3, 0.4) is 0 Å². The van der Waals surface area contributed by atoms with Crippen molar-refractivity contribution in [3.63, 3.8) is 0 Å². The molecule has 3 nitrogen and oxygen atoms in total. The van der Waals surface area contributed by atoms with E-state index in [4.69, 9.17) is 10.5 Å². The van der Waals surface area contributed by atoms with E-state index in [1.54, 1.807) is 0 Å². The van der Waals surface area contributed by atoms with Crippen molar-refractivity contribution in [2.24, 2.45) is 23.5 Å². The van der Waals surface area contributed by atoms with Crippen molar-refractivity contribution in [3.05, 3.63) is 0 Å². The minimum absolute atomic E-state index is 0.0203. The normalized spacial score (nSPS) is 41.0. The average Bonchev–Trinajstić information content (AvgIpc) is 2.39. The molecule has 14 heavy (non-hydrogen) atoms. The molecule has 0 aromatic rings. The molecule has 0 spiro atoms. The Kier molecular flexibility index (Phi) is 2.77. The zero-order chi connectivity index (χ0) is 10.1. The number of hydrogen-bond acceptors (Lipinski definition) is 3.